The minimum Gasteiger partial charge on any atom is -0.492 e. The lowest BCUT2D eigenvalue weighted by Gasteiger charge is -2.14. The van der Waals surface area contributed by atoms with Crippen LogP contribution in [0.5, 0.6) is 5.75 Å². The predicted octanol–water partition coefficient (Wildman–Crippen LogP) is 4.40. The summed E-state index contributed by atoms with van der Waals surface area (Å²) in [6.45, 7) is 8.70. The lowest BCUT2D eigenvalue weighted by molar-refractivity contribution is -0.116. The molecule has 112 valence electrons. The van der Waals surface area contributed by atoms with Crippen molar-refractivity contribution in [3.63, 3.8) is 0 Å². The molecule has 1 atom stereocenters. The Kier molecular flexibility index (Phi) is 7.06. The molecule has 1 aromatic rings. The van der Waals surface area contributed by atoms with Gasteiger partial charge in [0.05, 0.1) is 12.3 Å². The highest BCUT2D eigenvalue weighted by molar-refractivity contribution is 9.09. The first-order valence-electron chi connectivity index (χ1n) is 7.12. The van der Waals surface area contributed by atoms with Crippen LogP contribution in [0.4, 0.5) is 5.69 Å². The SMILES string of the molecule is CCOc1cc(CC(C)Br)ccc1NC(=O)CC(C)C. The predicted molar refractivity (Wildman–Crippen MR) is 87.8 cm³/mol. The Bertz CT molecular complexity index is 444. The molecule has 4 heteroatoms. The number of anilines is 1. The van der Waals surface area contributed by atoms with Gasteiger partial charge < -0.3 is 10.1 Å². The van der Waals surface area contributed by atoms with Crippen LogP contribution in [-0.2, 0) is 11.2 Å². The van der Waals surface area contributed by atoms with Crippen LogP contribution in [-0.4, -0.2) is 17.3 Å². The van der Waals surface area contributed by atoms with Crippen LogP contribution >= 0.6 is 15.9 Å². The van der Waals surface area contributed by atoms with E-state index in [-0.39, 0.29) is 5.91 Å². The molecule has 1 aromatic carbocycles. The maximum absolute atomic E-state index is 11.9. The molecule has 0 aliphatic carbocycles. The number of halogens is 1. The molecule has 0 radical (unpaired) electrons. The zero-order valence-electron chi connectivity index (χ0n) is 12.7. The van der Waals surface area contributed by atoms with E-state index in [0.717, 1.165) is 17.9 Å². The van der Waals surface area contributed by atoms with Gasteiger partial charge in [0, 0.05) is 11.2 Å². The van der Waals surface area contributed by atoms with Crippen molar-refractivity contribution >= 4 is 27.5 Å². The van der Waals surface area contributed by atoms with E-state index in [0.29, 0.717) is 23.8 Å². The van der Waals surface area contributed by atoms with Gasteiger partial charge in [0.2, 0.25) is 5.91 Å². The Labute approximate surface area is 130 Å². The quantitative estimate of drug-likeness (QED) is 0.746. The van der Waals surface area contributed by atoms with Crippen LogP contribution in [0.2, 0.25) is 0 Å². The van der Waals surface area contributed by atoms with Crippen LogP contribution in [0.25, 0.3) is 0 Å². The van der Waals surface area contributed by atoms with E-state index in [1.807, 2.05) is 39.0 Å². The Morgan fingerprint density at radius 3 is 2.60 bits per heavy atom. The number of benzene rings is 1. The molecule has 1 unspecified atom stereocenters. The number of rotatable bonds is 7. The molecule has 0 aromatic heterocycles. The first kappa shape index (κ1) is 17.0. The molecule has 0 aliphatic heterocycles. The van der Waals surface area contributed by atoms with Crippen molar-refractivity contribution in [3.8, 4) is 5.75 Å². The van der Waals surface area contributed by atoms with Gasteiger partial charge in [-0.1, -0.05) is 42.8 Å². The van der Waals surface area contributed by atoms with E-state index in [1.54, 1.807) is 0 Å². The monoisotopic (exact) mass is 341 g/mol. The minimum atomic E-state index is 0.0302. The smallest absolute Gasteiger partial charge is 0.224 e. The maximum Gasteiger partial charge on any atom is 0.224 e. The van der Waals surface area contributed by atoms with Crippen molar-refractivity contribution in [2.75, 3.05) is 11.9 Å². The first-order chi connectivity index (χ1) is 9.42. The number of amides is 1. The Morgan fingerprint density at radius 1 is 1.35 bits per heavy atom. The van der Waals surface area contributed by atoms with Gasteiger partial charge in [-0.25, -0.2) is 0 Å². The van der Waals surface area contributed by atoms with E-state index >= 15 is 0 Å². The summed E-state index contributed by atoms with van der Waals surface area (Å²) in [5.74, 6) is 1.12. The van der Waals surface area contributed by atoms with Gasteiger partial charge in [0.15, 0.2) is 0 Å². The second kappa shape index (κ2) is 8.30. The standard InChI is InChI=1S/C16H24BrNO2/c1-5-20-15-10-13(9-12(4)17)6-7-14(15)18-16(19)8-11(2)3/h6-7,10-12H,5,8-9H2,1-4H3,(H,18,19). The number of hydrogen-bond acceptors (Lipinski definition) is 2. The fraction of sp³-hybridized carbons (Fsp3) is 0.562. The van der Waals surface area contributed by atoms with Crippen molar-refractivity contribution in [2.24, 2.45) is 5.92 Å². The lowest BCUT2D eigenvalue weighted by Crippen LogP contribution is -2.15. The molecule has 0 heterocycles. The van der Waals surface area contributed by atoms with Crippen LogP contribution in [0.3, 0.4) is 0 Å². The summed E-state index contributed by atoms with van der Waals surface area (Å²) in [4.78, 5) is 12.3. The highest BCUT2D eigenvalue weighted by Gasteiger charge is 2.11. The van der Waals surface area contributed by atoms with E-state index in [2.05, 4.69) is 28.2 Å². The van der Waals surface area contributed by atoms with Gasteiger partial charge in [-0.3, -0.25) is 4.79 Å². The van der Waals surface area contributed by atoms with Gasteiger partial charge in [0.25, 0.3) is 0 Å². The molecule has 3 nitrogen and oxygen atoms in total. The average Bonchev–Trinajstić information content (AvgIpc) is 2.31. The normalized spacial score (nSPS) is 12.3. The topological polar surface area (TPSA) is 38.3 Å². The summed E-state index contributed by atoms with van der Waals surface area (Å²) in [6, 6.07) is 5.96. The van der Waals surface area contributed by atoms with Crippen LogP contribution in [0, 0.1) is 5.92 Å². The highest BCUT2D eigenvalue weighted by atomic mass is 79.9. The second-order valence-electron chi connectivity index (χ2n) is 5.39. The molecule has 1 N–H and O–H groups in total. The molecular formula is C16H24BrNO2. The number of hydrogen-bond donors (Lipinski definition) is 1. The molecule has 1 amide bonds. The summed E-state index contributed by atoms with van der Waals surface area (Å²) in [5, 5.41) is 2.93. The average molecular weight is 342 g/mol. The van der Waals surface area contributed by atoms with Crippen LogP contribution < -0.4 is 10.1 Å². The summed E-state index contributed by atoms with van der Waals surface area (Å²) in [5.41, 5.74) is 1.95. The zero-order chi connectivity index (χ0) is 15.1. The molecule has 0 saturated heterocycles. The Morgan fingerprint density at radius 2 is 2.05 bits per heavy atom. The van der Waals surface area contributed by atoms with E-state index in [1.165, 1.54) is 5.56 Å². The molecule has 0 fully saturated rings. The minimum absolute atomic E-state index is 0.0302. The number of nitrogens with one attached hydrogen (secondary N) is 1. The van der Waals surface area contributed by atoms with Gasteiger partial charge >= 0.3 is 0 Å². The largest absolute Gasteiger partial charge is 0.492 e. The molecule has 1 rings (SSSR count). The first-order valence-corrected chi connectivity index (χ1v) is 8.03. The van der Waals surface area contributed by atoms with E-state index < -0.39 is 0 Å². The van der Waals surface area contributed by atoms with Gasteiger partial charge in [-0.2, -0.15) is 0 Å². The third-order valence-electron chi connectivity index (χ3n) is 2.73. The molecule has 0 aliphatic rings. The van der Waals surface area contributed by atoms with E-state index in [9.17, 15) is 4.79 Å². The third kappa shape index (κ3) is 5.95. The molecular weight excluding hydrogens is 318 g/mol. The van der Waals surface area contributed by atoms with Gasteiger partial charge in [0.1, 0.15) is 5.75 Å². The fourth-order valence-electron chi connectivity index (χ4n) is 1.97. The summed E-state index contributed by atoms with van der Waals surface area (Å²) >= 11 is 3.55. The van der Waals surface area contributed by atoms with Crippen molar-refractivity contribution in [2.45, 2.75) is 45.4 Å². The summed E-state index contributed by atoms with van der Waals surface area (Å²) in [6.07, 6.45) is 1.45. The number of carbonyl (C=O) groups is 1. The highest BCUT2D eigenvalue weighted by Crippen LogP contribution is 2.27. The van der Waals surface area contributed by atoms with Gasteiger partial charge in [-0.15, -0.1) is 0 Å². The molecule has 0 bridgehead atoms. The maximum atomic E-state index is 11.9. The fourth-order valence-corrected chi connectivity index (χ4v) is 2.34. The molecule has 20 heavy (non-hydrogen) atoms. The van der Waals surface area contributed by atoms with E-state index in [4.69, 9.17) is 4.74 Å². The lowest BCUT2D eigenvalue weighted by atomic mass is 10.1. The molecule has 0 spiro atoms. The third-order valence-corrected chi connectivity index (χ3v) is 3.05. The summed E-state index contributed by atoms with van der Waals surface area (Å²) < 4.78 is 5.64. The van der Waals surface area contributed by atoms with Crippen molar-refractivity contribution in [1.29, 1.82) is 0 Å². The zero-order valence-corrected chi connectivity index (χ0v) is 14.3. The van der Waals surface area contributed by atoms with Gasteiger partial charge in [-0.05, 0) is 37.0 Å². The summed E-state index contributed by atoms with van der Waals surface area (Å²) in [7, 11) is 0. The number of ether oxygens (including phenoxy) is 1. The Balaban J connectivity index is 2.86. The number of alkyl halides is 1. The van der Waals surface area contributed by atoms with Crippen molar-refractivity contribution < 1.29 is 9.53 Å². The van der Waals surface area contributed by atoms with Crippen LogP contribution in [0.15, 0.2) is 18.2 Å². The molecule has 0 saturated carbocycles. The van der Waals surface area contributed by atoms with Crippen molar-refractivity contribution in [1.82, 2.24) is 0 Å². The Hall–Kier alpha value is -1.03. The van der Waals surface area contributed by atoms with Crippen molar-refractivity contribution in [3.05, 3.63) is 23.8 Å². The number of carbonyl (C=O) groups excluding carboxylic acids is 1. The van der Waals surface area contributed by atoms with Crippen LogP contribution in [0.1, 0.15) is 39.7 Å². The second-order valence-corrected chi connectivity index (χ2v) is 6.96.